The zero-order valence-electron chi connectivity index (χ0n) is 26.8. The van der Waals surface area contributed by atoms with Crippen molar-refractivity contribution in [2.45, 2.75) is 57.8 Å². The number of hydrogen-bond acceptors (Lipinski definition) is 3. The Morgan fingerprint density at radius 3 is 1.42 bits per heavy atom. The number of rotatable bonds is 3. The molecule has 0 saturated carbocycles. The fourth-order valence-electron chi connectivity index (χ4n) is 7.53. The molecule has 3 heteroatoms. The maximum atomic E-state index is 5.02. The topological polar surface area (TPSA) is 38.7 Å². The molecule has 220 valence electrons. The van der Waals surface area contributed by atoms with Gasteiger partial charge in [0.25, 0.3) is 0 Å². The Labute approximate surface area is 266 Å². The minimum Gasteiger partial charge on any atom is -0.208 e. The Bertz CT molecular complexity index is 2060. The average molecular weight is 584 g/mol. The molecule has 1 aromatic heterocycles. The van der Waals surface area contributed by atoms with Gasteiger partial charge >= 0.3 is 0 Å². The molecule has 2 aliphatic carbocycles. The number of hydrogen-bond donors (Lipinski definition) is 0. The number of fused-ring (bicyclic) bond motifs is 6. The predicted octanol–water partition coefficient (Wildman–Crippen LogP) is 10.4. The van der Waals surface area contributed by atoms with E-state index in [0.717, 1.165) is 16.7 Å². The molecule has 0 N–H and O–H groups in total. The first kappa shape index (κ1) is 27.6. The number of aromatic nitrogens is 3. The number of nitrogens with zero attached hydrogens (tertiary/aromatic N) is 3. The zero-order valence-corrected chi connectivity index (χ0v) is 26.8. The molecule has 0 radical (unpaired) electrons. The van der Waals surface area contributed by atoms with E-state index >= 15 is 0 Å². The first-order valence-corrected chi connectivity index (χ1v) is 15.9. The van der Waals surface area contributed by atoms with E-state index in [4.69, 9.17) is 15.0 Å². The second-order valence-corrected chi connectivity index (χ2v) is 14.2. The zero-order chi connectivity index (χ0) is 31.1. The monoisotopic (exact) mass is 583 g/mol. The molecule has 1 heterocycles. The van der Waals surface area contributed by atoms with Gasteiger partial charge in [0.15, 0.2) is 17.5 Å². The molecular formula is C42H37N3. The van der Waals surface area contributed by atoms with E-state index in [1.807, 2.05) is 36.4 Å². The van der Waals surface area contributed by atoms with Crippen molar-refractivity contribution >= 4 is 0 Å². The molecular weight excluding hydrogens is 546 g/mol. The lowest BCUT2D eigenvalue weighted by Crippen LogP contribution is -2.43. The van der Waals surface area contributed by atoms with Crippen LogP contribution in [-0.4, -0.2) is 15.0 Å². The van der Waals surface area contributed by atoms with Crippen molar-refractivity contribution in [1.82, 2.24) is 15.0 Å². The summed E-state index contributed by atoms with van der Waals surface area (Å²) >= 11 is 0. The van der Waals surface area contributed by atoms with Crippen molar-refractivity contribution in [3.8, 4) is 56.4 Å². The van der Waals surface area contributed by atoms with Crippen LogP contribution in [0.3, 0.4) is 0 Å². The molecule has 0 amide bonds. The van der Waals surface area contributed by atoms with Crippen molar-refractivity contribution in [2.75, 3.05) is 0 Å². The summed E-state index contributed by atoms with van der Waals surface area (Å²) in [4.78, 5) is 14.9. The standard InChI is InChI=1S/C42H37N3/c1-40(2)34-23-28(39-44-37(26-15-9-7-10-16-26)43-38(45-39)27-17-11-8-12-18-27)21-22-30(34)31-25-36-32(24-35(31)40)29-19-13-14-20-33(29)41(3,4)42(36,5)6/h7-25H,1-6H3. The first-order chi connectivity index (χ1) is 21.6. The molecule has 45 heavy (non-hydrogen) atoms. The Kier molecular flexibility index (Phi) is 5.87. The smallest absolute Gasteiger partial charge is 0.164 e. The van der Waals surface area contributed by atoms with Crippen LogP contribution in [0.1, 0.15) is 63.8 Å². The van der Waals surface area contributed by atoms with Crippen molar-refractivity contribution in [3.05, 3.63) is 138 Å². The summed E-state index contributed by atoms with van der Waals surface area (Å²) in [6.45, 7) is 14.3. The minimum atomic E-state index is -0.181. The van der Waals surface area contributed by atoms with E-state index in [9.17, 15) is 0 Å². The molecule has 0 spiro atoms. The van der Waals surface area contributed by atoms with Gasteiger partial charge in [0.2, 0.25) is 0 Å². The second kappa shape index (κ2) is 9.55. The Morgan fingerprint density at radius 1 is 0.356 bits per heavy atom. The highest BCUT2D eigenvalue weighted by molar-refractivity contribution is 5.89. The summed E-state index contributed by atoms with van der Waals surface area (Å²) < 4.78 is 0. The van der Waals surface area contributed by atoms with E-state index in [1.54, 1.807) is 0 Å². The fourth-order valence-corrected chi connectivity index (χ4v) is 7.53. The van der Waals surface area contributed by atoms with Crippen LogP contribution in [0, 0.1) is 0 Å². The summed E-state index contributed by atoms with van der Waals surface area (Å²) in [6.07, 6.45) is 0. The third kappa shape index (κ3) is 4.00. The highest BCUT2D eigenvalue weighted by Gasteiger charge is 2.47. The van der Waals surface area contributed by atoms with E-state index in [0.29, 0.717) is 17.5 Å². The van der Waals surface area contributed by atoms with Gasteiger partial charge in [0, 0.05) is 22.1 Å². The maximum Gasteiger partial charge on any atom is 0.164 e. The van der Waals surface area contributed by atoms with Crippen LogP contribution in [0.15, 0.2) is 115 Å². The van der Waals surface area contributed by atoms with Gasteiger partial charge in [-0.1, -0.05) is 139 Å². The summed E-state index contributed by atoms with van der Waals surface area (Å²) in [5.41, 5.74) is 13.6. The van der Waals surface area contributed by atoms with Gasteiger partial charge in [-0.05, 0) is 73.5 Å². The van der Waals surface area contributed by atoms with Gasteiger partial charge in [-0.2, -0.15) is 0 Å². The molecule has 2 aliphatic rings. The first-order valence-electron chi connectivity index (χ1n) is 15.9. The molecule has 0 bridgehead atoms. The minimum absolute atomic E-state index is 0.00273. The molecule has 8 rings (SSSR count). The van der Waals surface area contributed by atoms with Crippen LogP contribution in [0.5, 0.6) is 0 Å². The van der Waals surface area contributed by atoms with Crippen molar-refractivity contribution < 1.29 is 0 Å². The molecule has 6 aromatic rings. The fraction of sp³-hybridized carbons (Fsp3) is 0.214. The maximum absolute atomic E-state index is 5.02. The molecule has 3 nitrogen and oxygen atoms in total. The van der Waals surface area contributed by atoms with Crippen LogP contribution in [0.2, 0.25) is 0 Å². The van der Waals surface area contributed by atoms with Crippen LogP contribution < -0.4 is 0 Å². The highest BCUT2D eigenvalue weighted by Crippen LogP contribution is 2.58. The van der Waals surface area contributed by atoms with Crippen LogP contribution in [0.4, 0.5) is 0 Å². The molecule has 0 saturated heterocycles. The molecule has 0 atom stereocenters. The summed E-state index contributed by atoms with van der Waals surface area (Å²) in [7, 11) is 0. The third-order valence-electron chi connectivity index (χ3n) is 10.9. The van der Waals surface area contributed by atoms with E-state index < -0.39 is 0 Å². The van der Waals surface area contributed by atoms with Gasteiger partial charge in [-0.25, -0.2) is 15.0 Å². The predicted molar refractivity (Wildman–Crippen MR) is 185 cm³/mol. The average Bonchev–Trinajstić information content (AvgIpc) is 3.29. The second-order valence-electron chi connectivity index (χ2n) is 14.2. The number of benzene rings is 5. The van der Waals surface area contributed by atoms with Gasteiger partial charge in [-0.3, -0.25) is 0 Å². The van der Waals surface area contributed by atoms with Gasteiger partial charge in [0.1, 0.15) is 0 Å². The Hall–Kier alpha value is -4.89. The lowest BCUT2D eigenvalue weighted by Gasteiger charge is -2.48. The molecule has 5 aromatic carbocycles. The van der Waals surface area contributed by atoms with Crippen LogP contribution in [0.25, 0.3) is 56.4 Å². The summed E-state index contributed by atoms with van der Waals surface area (Å²) in [5, 5.41) is 0. The third-order valence-corrected chi connectivity index (χ3v) is 10.9. The van der Waals surface area contributed by atoms with Crippen molar-refractivity contribution in [3.63, 3.8) is 0 Å². The lowest BCUT2D eigenvalue weighted by atomic mass is 9.55. The van der Waals surface area contributed by atoms with Crippen molar-refractivity contribution in [2.24, 2.45) is 0 Å². The Morgan fingerprint density at radius 2 is 0.800 bits per heavy atom. The van der Waals surface area contributed by atoms with E-state index in [-0.39, 0.29) is 16.2 Å². The van der Waals surface area contributed by atoms with Gasteiger partial charge in [-0.15, -0.1) is 0 Å². The van der Waals surface area contributed by atoms with Gasteiger partial charge < -0.3 is 0 Å². The SMILES string of the molecule is CC1(C)c2cc(-c3nc(-c4ccccc4)nc(-c4ccccc4)n3)ccc2-c2cc3c(cc21)-c1ccccc1C(C)(C)C3(C)C. The van der Waals surface area contributed by atoms with E-state index in [2.05, 4.69) is 120 Å². The van der Waals surface area contributed by atoms with Crippen LogP contribution in [-0.2, 0) is 16.2 Å². The lowest BCUT2D eigenvalue weighted by molar-refractivity contribution is 0.299. The summed E-state index contributed by atoms with van der Waals surface area (Å²) in [5.74, 6) is 2.05. The molecule has 0 aliphatic heterocycles. The van der Waals surface area contributed by atoms with Crippen molar-refractivity contribution in [1.29, 1.82) is 0 Å². The largest absolute Gasteiger partial charge is 0.208 e. The Balaban J connectivity index is 1.30. The quantitative estimate of drug-likeness (QED) is 0.208. The van der Waals surface area contributed by atoms with Crippen LogP contribution >= 0.6 is 0 Å². The summed E-state index contributed by atoms with van der Waals surface area (Å²) in [6, 6.07) is 41.1. The normalized spacial score (nSPS) is 16.3. The van der Waals surface area contributed by atoms with E-state index in [1.165, 1.54) is 44.5 Å². The van der Waals surface area contributed by atoms with Gasteiger partial charge in [0.05, 0.1) is 0 Å². The highest BCUT2D eigenvalue weighted by atomic mass is 15.0. The molecule has 0 unspecified atom stereocenters. The molecule has 0 fully saturated rings.